The van der Waals surface area contributed by atoms with Crippen LogP contribution in [0.1, 0.15) is 19.4 Å². The monoisotopic (exact) mass is 400 g/mol. The lowest BCUT2D eigenvalue weighted by molar-refractivity contribution is 0.362. The van der Waals surface area contributed by atoms with Crippen molar-refractivity contribution in [3.05, 3.63) is 84.4 Å². The summed E-state index contributed by atoms with van der Waals surface area (Å²) in [6, 6.07) is 25.2. The van der Waals surface area contributed by atoms with Crippen LogP contribution in [0.3, 0.4) is 0 Å². The van der Waals surface area contributed by atoms with Crippen LogP contribution in [0.2, 0.25) is 0 Å². The number of rotatable bonds is 5. The van der Waals surface area contributed by atoms with Gasteiger partial charge < -0.3 is 14.7 Å². The molecule has 0 saturated heterocycles. The van der Waals surface area contributed by atoms with Gasteiger partial charge >= 0.3 is 0 Å². The van der Waals surface area contributed by atoms with Gasteiger partial charge in [-0.3, -0.25) is 0 Å². The standard InChI is InChI=1S/C22H25O3PS/c1-17(2)16-19-12-9-15-21(22(19)18-10-5-3-6-11-18)27(26(23,24)25)20-13-7-4-8-14-20/h3-15,17,23-25H,16H2,1-2H3. The molecule has 0 saturated carbocycles. The summed E-state index contributed by atoms with van der Waals surface area (Å²) in [5, 5.41) is 0. The van der Waals surface area contributed by atoms with Crippen LogP contribution in [0.15, 0.2) is 88.7 Å². The van der Waals surface area contributed by atoms with E-state index in [1.807, 2.05) is 72.8 Å². The first-order valence-electron chi connectivity index (χ1n) is 8.92. The smallest absolute Gasteiger partial charge is 0.286 e. The highest BCUT2D eigenvalue weighted by molar-refractivity contribution is 8.27. The van der Waals surface area contributed by atoms with Crippen molar-refractivity contribution in [2.24, 2.45) is 5.92 Å². The number of hydrogen-bond donors (Lipinski definition) is 3. The molecule has 3 rings (SSSR count). The van der Waals surface area contributed by atoms with E-state index in [0.29, 0.717) is 5.92 Å². The van der Waals surface area contributed by atoms with Crippen molar-refractivity contribution in [3.63, 3.8) is 0 Å². The van der Waals surface area contributed by atoms with Gasteiger partial charge in [0.05, 0.1) is 0 Å². The largest absolute Gasteiger partial charge is 0.328 e. The SMILES string of the molecule is CC(C)Cc1cccc(S(c2ccccc2)=P(O)(O)O)c1-c1ccccc1. The zero-order valence-corrected chi connectivity index (χ0v) is 17.2. The van der Waals surface area contributed by atoms with Crippen LogP contribution in [0.25, 0.3) is 11.1 Å². The minimum atomic E-state index is -4.14. The fourth-order valence-electron chi connectivity index (χ4n) is 3.23. The van der Waals surface area contributed by atoms with E-state index < -0.39 is 16.8 Å². The molecule has 1 unspecified atom stereocenters. The van der Waals surface area contributed by atoms with Gasteiger partial charge in [-0.1, -0.05) is 84.6 Å². The molecule has 0 fully saturated rings. The Morgan fingerprint density at radius 3 is 1.93 bits per heavy atom. The van der Waals surface area contributed by atoms with Crippen LogP contribution in [0.5, 0.6) is 0 Å². The maximum Gasteiger partial charge on any atom is 0.286 e. The first kappa shape index (κ1) is 20.1. The Hall–Kier alpha value is -1.68. The van der Waals surface area contributed by atoms with E-state index in [0.717, 1.165) is 32.9 Å². The summed E-state index contributed by atoms with van der Waals surface area (Å²) in [5.74, 6) is 0.457. The van der Waals surface area contributed by atoms with Gasteiger partial charge in [0, 0.05) is 9.79 Å². The van der Waals surface area contributed by atoms with E-state index in [-0.39, 0.29) is 0 Å². The van der Waals surface area contributed by atoms with Gasteiger partial charge in [0.1, 0.15) is 0 Å². The highest BCUT2D eigenvalue weighted by Crippen LogP contribution is 2.46. The molecule has 142 valence electrons. The third kappa shape index (κ3) is 4.78. The van der Waals surface area contributed by atoms with Crippen molar-refractivity contribution < 1.29 is 14.7 Å². The zero-order chi connectivity index (χ0) is 19.4. The predicted octanol–water partition coefficient (Wildman–Crippen LogP) is 5.24. The molecule has 5 heteroatoms. The molecule has 0 aromatic heterocycles. The lowest BCUT2D eigenvalue weighted by Crippen LogP contribution is -2.04. The molecule has 0 radical (unpaired) electrons. The molecule has 3 N–H and O–H groups in total. The van der Waals surface area contributed by atoms with Gasteiger partial charge in [-0.05, 0) is 47.2 Å². The Kier molecular flexibility index (Phi) is 6.36. The maximum absolute atomic E-state index is 10.4. The summed E-state index contributed by atoms with van der Waals surface area (Å²) in [5.41, 5.74) is 3.15. The predicted molar refractivity (Wildman–Crippen MR) is 114 cm³/mol. The van der Waals surface area contributed by atoms with E-state index in [1.165, 1.54) is 0 Å². The van der Waals surface area contributed by atoms with Gasteiger partial charge in [-0.15, -0.1) is 0 Å². The Balaban J connectivity index is 2.35. The molecular weight excluding hydrogens is 375 g/mol. The molecule has 0 aliphatic heterocycles. The van der Waals surface area contributed by atoms with Crippen molar-refractivity contribution >= 4 is 16.8 Å². The van der Waals surface area contributed by atoms with Crippen LogP contribution >= 0.6 is 6.72 Å². The second kappa shape index (κ2) is 8.55. The van der Waals surface area contributed by atoms with E-state index in [2.05, 4.69) is 19.9 Å². The fourth-order valence-corrected chi connectivity index (χ4v) is 7.56. The highest BCUT2D eigenvalue weighted by atomic mass is 32.5. The second-order valence-corrected chi connectivity index (χ2v) is 11.9. The van der Waals surface area contributed by atoms with Crippen LogP contribution in [0, 0.1) is 5.92 Å². The van der Waals surface area contributed by atoms with Gasteiger partial charge in [0.2, 0.25) is 0 Å². The van der Waals surface area contributed by atoms with Gasteiger partial charge in [0.15, 0.2) is 0 Å². The Morgan fingerprint density at radius 1 is 0.778 bits per heavy atom. The lowest BCUT2D eigenvalue weighted by atomic mass is 9.94. The second-order valence-electron chi connectivity index (χ2n) is 6.87. The Bertz CT molecular complexity index is 955. The summed E-state index contributed by atoms with van der Waals surface area (Å²) in [6.45, 7) is 0.190. The van der Waals surface area contributed by atoms with E-state index in [4.69, 9.17) is 0 Å². The minimum absolute atomic E-state index is 0.457. The van der Waals surface area contributed by atoms with Gasteiger partial charge in [0.25, 0.3) is 6.72 Å². The molecule has 0 spiro atoms. The molecule has 3 aromatic rings. The number of hydrogen-bond acceptors (Lipinski definition) is 0. The first-order chi connectivity index (χ1) is 12.9. The summed E-state index contributed by atoms with van der Waals surface area (Å²) in [4.78, 5) is 32.6. The molecule has 0 aliphatic carbocycles. The maximum atomic E-state index is 10.4. The lowest BCUT2D eigenvalue weighted by Gasteiger charge is -2.22. The van der Waals surface area contributed by atoms with Crippen LogP contribution in [-0.4, -0.2) is 14.7 Å². The summed E-state index contributed by atoms with van der Waals surface area (Å²) < 4.78 is 0. The molecule has 1 atom stereocenters. The molecule has 0 aliphatic rings. The normalized spacial score (nSPS) is 13.0. The molecule has 3 nitrogen and oxygen atoms in total. The third-order valence-electron chi connectivity index (χ3n) is 4.22. The van der Waals surface area contributed by atoms with E-state index in [1.54, 1.807) is 0 Å². The van der Waals surface area contributed by atoms with E-state index >= 15 is 0 Å². The van der Waals surface area contributed by atoms with Crippen molar-refractivity contribution in [1.82, 2.24) is 0 Å². The minimum Gasteiger partial charge on any atom is -0.328 e. The van der Waals surface area contributed by atoms with E-state index in [9.17, 15) is 14.7 Å². The average Bonchev–Trinajstić information content (AvgIpc) is 2.62. The molecule has 0 bridgehead atoms. The topological polar surface area (TPSA) is 60.7 Å². The molecular formula is C22H25O3PS. The zero-order valence-electron chi connectivity index (χ0n) is 15.5. The molecule has 27 heavy (non-hydrogen) atoms. The van der Waals surface area contributed by atoms with Crippen LogP contribution < -0.4 is 0 Å². The Morgan fingerprint density at radius 2 is 1.37 bits per heavy atom. The average molecular weight is 400 g/mol. The summed E-state index contributed by atoms with van der Waals surface area (Å²) in [6.07, 6.45) is 0.873. The van der Waals surface area contributed by atoms with Crippen LogP contribution in [0.4, 0.5) is 0 Å². The fraction of sp³-hybridized carbons (Fsp3) is 0.182. The van der Waals surface area contributed by atoms with Crippen LogP contribution in [-0.2, 0) is 16.5 Å². The van der Waals surface area contributed by atoms with Gasteiger partial charge in [-0.2, -0.15) is 0 Å². The molecule has 0 heterocycles. The highest BCUT2D eigenvalue weighted by Gasteiger charge is 2.22. The van der Waals surface area contributed by atoms with Crippen molar-refractivity contribution in [3.8, 4) is 11.1 Å². The molecule has 3 aromatic carbocycles. The Labute approximate surface area is 163 Å². The number of benzene rings is 3. The van der Waals surface area contributed by atoms with Crippen molar-refractivity contribution in [1.29, 1.82) is 0 Å². The summed E-state index contributed by atoms with van der Waals surface area (Å²) in [7, 11) is -1.23. The van der Waals surface area contributed by atoms with Gasteiger partial charge in [-0.25, -0.2) is 0 Å². The summed E-state index contributed by atoms with van der Waals surface area (Å²) >= 11 is 0. The van der Waals surface area contributed by atoms with Crippen molar-refractivity contribution in [2.45, 2.75) is 30.1 Å². The van der Waals surface area contributed by atoms with Crippen molar-refractivity contribution in [2.75, 3.05) is 0 Å². The third-order valence-corrected chi connectivity index (χ3v) is 8.88. The first-order valence-corrected chi connectivity index (χ1v) is 12.4. The quantitative estimate of drug-likeness (QED) is 0.513. The molecule has 0 amide bonds.